The van der Waals surface area contributed by atoms with Crippen molar-refractivity contribution in [3.63, 3.8) is 0 Å². The SMILES string of the molecule is CCN(CC)S(=O)(=O)c1ccc(SCC(=O)Nc2cc(C)cc(C)c2)nc1. The molecule has 6 nitrogen and oxygen atoms in total. The van der Waals surface area contributed by atoms with Gasteiger partial charge in [-0.25, -0.2) is 13.4 Å². The Bertz CT molecular complexity index is 873. The number of amides is 1. The van der Waals surface area contributed by atoms with Crippen molar-refractivity contribution in [3.8, 4) is 0 Å². The summed E-state index contributed by atoms with van der Waals surface area (Å²) in [6.07, 6.45) is 1.35. The van der Waals surface area contributed by atoms with Crippen LogP contribution in [0.3, 0.4) is 0 Å². The van der Waals surface area contributed by atoms with Gasteiger partial charge in [-0.15, -0.1) is 0 Å². The van der Waals surface area contributed by atoms with Crippen LogP contribution in [0.1, 0.15) is 25.0 Å². The molecule has 27 heavy (non-hydrogen) atoms. The van der Waals surface area contributed by atoms with E-state index in [-0.39, 0.29) is 16.6 Å². The minimum atomic E-state index is -3.52. The molecule has 146 valence electrons. The maximum Gasteiger partial charge on any atom is 0.244 e. The number of hydrogen-bond donors (Lipinski definition) is 1. The fraction of sp³-hybridized carbons (Fsp3) is 0.368. The van der Waals surface area contributed by atoms with Crippen LogP contribution in [0, 0.1) is 13.8 Å². The molecular formula is C19H25N3O3S2. The van der Waals surface area contributed by atoms with Crippen LogP contribution in [0.4, 0.5) is 5.69 Å². The monoisotopic (exact) mass is 407 g/mol. The lowest BCUT2D eigenvalue weighted by Gasteiger charge is -2.18. The first-order valence-corrected chi connectivity index (χ1v) is 11.2. The van der Waals surface area contributed by atoms with Crippen molar-refractivity contribution in [2.45, 2.75) is 37.6 Å². The number of anilines is 1. The average molecular weight is 408 g/mol. The van der Waals surface area contributed by atoms with E-state index in [1.165, 1.54) is 28.3 Å². The molecule has 0 aliphatic carbocycles. The zero-order chi connectivity index (χ0) is 20.0. The van der Waals surface area contributed by atoms with Crippen LogP contribution < -0.4 is 5.32 Å². The maximum absolute atomic E-state index is 12.4. The number of aryl methyl sites for hydroxylation is 2. The molecule has 1 N–H and O–H groups in total. The molecule has 0 bridgehead atoms. The second kappa shape index (κ2) is 9.34. The van der Waals surface area contributed by atoms with Gasteiger partial charge in [-0.2, -0.15) is 4.31 Å². The van der Waals surface area contributed by atoms with Gasteiger partial charge in [-0.3, -0.25) is 4.79 Å². The van der Waals surface area contributed by atoms with Gasteiger partial charge in [0, 0.05) is 25.0 Å². The molecule has 2 rings (SSSR count). The fourth-order valence-corrected chi connectivity index (χ4v) is 4.75. The number of carbonyl (C=O) groups excluding carboxylic acids is 1. The van der Waals surface area contributed by atoms with Gasteiger partial charge in [0.1, 0.15) is 4.90 Å². The third-order valence-corrected chi connectivity index (χ3v) is 6.89. The summed E-state index contributed by atoms with van der Waals surface area (Å²) in [5, 5.41) is 3.47. The maximum atomic E-state index is 12.4. The van der Waals surface area contributed by atoms with Gasteiger partial charge in [-0.05, 0) is 49.2 Å². The molecule has 0 aliphatic rings. The van der Waals surface area contributed by atoms with E-state index in [9.17, 15) is 13.2 Å². The highest BCUT2D eigenvalue weighted by atomic mass is 32.2. The predicted octanol–water partition coefficient (Wildman–Crippen LogP) is 3.46. The minimum absolute atomic E-state index is 0.133. The summed E-state index contributed by atoms with van der Waals surface area (Å²) in [6.45, 7) is 8.38. The lowest BCUT2D eigenvalue weighted by Crippen LogP contribution is -2.30. The van der Waals surface area contributed by atoms with Crippen LogP contribution in [-0.2, 0) is 14.8 Å². The van der Waals surface area contributed by atoms with E-state index < -0.39 is 10.0 Å². The number of sulfonamides is 1. The van der Waals surface area contributed by atoms with Gasteiger partial charge in [0.05, 0.1) is 10.8 Å². The Kier molecular flexibility index (Phi) is 7.41. The highest BCUT2D eigenvalue weighted by Gasteiger charge is 2.21. The molecule has 0 radical (unpaired) electrons. The number of nitrogens with zero attached hydrogens (tertiary/aromatic N) is 2. The Morgan fingerprint density at radius 2 is 1.74 bits per heavy atom. The number of hydrogen-bond acceptors (Lipinski definition) is 5. The standard InChI is InChI=1S/C19H25N3O3S2/c1-5-22(6-2)27(24,25)17-7-8-19(20-12-17)26-13-18(23)21-16-10-14(3)9-15(4)11-16/h7-12H,5-6,13H2,1-4H3,(H,21,23). The minimum Gasteiger partial charge on any atom is -0.325 e. The highest BCUT2D eigenvalue weighted by molar-refractivity contribution is 7.99. The average Bonchev–Trinajstić information content (AvgIpc) is 2.60. The quantitative estimate of drug-likeness (QED) is 0.678. The van der Waals surface area contributed by atoms with E-state index >= 15 is 0 Å². The second-order valence-corrected chi connectivity index (χ2v) is 9.07. The summed E-state index contributed by atoms with van der Waals surface area (Å²) < 4.78 is 26.3. The van der Waals surface area contributed by atoms with Crippen molar-refractivity contribution in [1.82, 2.24) is 9.29 Å². The normalized spacial score (nSPS) is 11.6. The van der Waals surface area contributed by atoms with E-state index in [0.717, 1.165) is 16.8 Å². The number of aromatic nitrogens is 1. The topological polar surface area (TPSA) is 79.4 Å². The van der Waals surface area contributed by atoms with Crippen molar-refractivity contribution in [1.29, 1.82) is 0 Å². The smallest absolute Gasteiger partial charge is 0.244 e. The first-order valence-electron chi connectivity index (χ1n) is 8.73. The summed E-state index contributed by atoms with van der Waals surface area (Å²) in [5.41, 5.74) is 2.95. The molecule has 1 amide bonds. The molecule has 0 aliphatic heterocycles. The molecule has 1 aromatic heterocycles. The molecule has 0 fully saturated rings. The van der Waals surface area contributed by atoms with E-state index in [1.807, 2.05) is 32.0 Å². The molecule has 2 aromatic rings. The molecule has 1 aromatic carbocycles. The number of carbonyl (C=O) groups is 1. The van der Waals surface area contributed by atoms with Crippen LogP contribution >= 0.6 is 11.8 Å². The molecule has 0 saturated carbocycles. The van der Waals surface area contributed by atoms with Crippen LogP contribution in [0.25, 0.3) is 0 Å². The molecule has 0 spiro atoms. The van der Waals surface area contributed by atoms with Crippen LogP contribution in [0.15, 0.2) is 46.5 Å². The number of pyridine rings is 1. The zero-order valence-corrected chi connectivity index (χ0v) is 17.7. The first-order chi connectivity index (χ1) is 12.8. The van der Waals surface area contributed by atoms with E-state index in [2.05, 4.69) is 10.3 Å². The third kappa shape index (κ3) is 5.79. The van der Waals surface area contributed by atoms with Crippen LogP contribution in [0.2, 0.25) is 0 Å². The Morgan fingerprint density at radius 1 is 1.11 bits per heavy atom. The largest absolute Gasteiger partial charge is 0.325 e. The first kappa shape index (κ1) is 21.4. The molecule has 0 atom stereocenters. The van der Waals surface area contributed by atoms with Crippen LogP contribution in [0.5, 0.6) is 0 Å². The number of nitrogens with one attached hydrogen (secondary N) is 1. The molecule has 0 saturated heterocycles. The Balaban J connectivity index is 1.97. The number of benzene rings is 1. The predicted molar refractivity (Wildman–Crippen MR) is 110 cm³/mol. The van der Waals surface area contributed by atoms with E-state index in [4.69, 9.17) is 0 Å². The summed E-state index contributed by atoms with van der Waals surface area (Å²) in [4.78, 5) is 16.5. The van der Waals surface area contributed by atoms with E-state index in [0.29, 0.717) is 18.1 Å². The van der Waals surface area contributed by atoms with Crippen molar-refractivity contribution >= 4 is 33.4 Å². The lowest BCUT2D eigenvalue weighted by molar-refractivity contribution is -0.113. The van der Waals surface area contributed by atoms with Gasteiger partial charge in [-0.1, -0.05) is 31.7 Å². The lowest BCUT2D eigenvalue weighted by atomic mass is 10.1. The molecule has 8 heteroatoms. The summed E-state index contributed by atoms with van der Waals surface area (Å²) >= 11 is 1.26. The summed E-state index contributed by atoms with van der Waals surface area (Å²) in [5.74, 6) is 0.0638. The Labute approximate surface area is 165 Å². The third-order valence-electron chi connectivity index (χ3n) is 3.91. The Hall–Kier alpha value is -1.90. The molecular weight excluding hydrogens is 382 g/mol. The van der Waals surface area contributed by atoms with Gasteiger partial charge in [0.2, 0.25) is 15.9 Å². The molecule has 1 heterocycles. The van der Waals surface area contributed by atoms with E-state index in [1.54, 1.807) is 19.9 Å². The fourth-order valence-electron chi connectivity index (χ4n) is 2.70. The van der Waals surface area contributed by atoms with Gasteiger partial charge in [0.25, 0.3) is 0 Å². The highest BCUT2D eigenvalue weighted by Crippen LogP contribution is 2.20. The summed E-state index contributed by atoms with van der Waals surface area (Å²) in [7, 11) is -3.52. The molecule has 0 unspecified atom stereocenters. The van der Waals surface area contributed by atoms with Crippen molar-refractivity contribution < 1.29 is 13.2 Å². The van der Waals surface area contributed by atoms with Gasteiger partial charge >= 0.3 is 0 Å². The van der Waals surface area contributed by atoms with Gasteiger partial charge < -0.3 is 5.32 Å². The second-order valence-electron chi connectivity index (χ2n) is 6.13. The number of thioether (sulfide) groups is 1. The van der Waals surface area contributed by atoms with Crippen molar-refractivity contribution in [2.24, 2.45) is 0 Å². The Morgan fingerprint density at radius 3 is 2.26 bits per heavy atom. The summed E-state index contributed by atoms with van der Waals surface area (Å²) in [6, 6.07) is 9.04. The van der Waals surface area contributed by atoms with Crippen molar-refractivity contribution in [3.05, 3.63) is 47.7 Å². The van der Waals surface area contributed by atoms with Crippen LogP contribution in [-0.4, -0.2) is 42.5 Å². The zero-order valence-electron chi connectivity index (χ0n) is 16.0. The van der Waals surface area contributed by atoms with Crippen molar-refractivity contribution in [2.75, 3.05) is 24.2 Å². The number of rotatable bonds is 8. The van der Waals surface area contributed by atoms with Gasteiger partial charge in [0.15, 0.2) is 0 Å².